The van der Waals surface area contributed by atoms with Gasteiger partial charge in [0.2, 0.25) is 4.80 Å². The molecular formula is C15H14ClN3O2S3. The summed E-state index contributed by atoms with van der Waals surface area (Å²) in [6.07, 6.45) is 5.02. The highest BCUT2D eigenvalue weighted by Crippen LogP contribution is 2.31. The van der Waals surface area contributed by atoms with Gasteiger partial charge in [-0.15, -0.1) is 11.8 Å². The number of hydrogen-bond acceptors (Lipinski definition) is 6. The Morgan fingerprint density at radius 1 is 1.54 bits per heavy atom. The molecule has 2 heterocycles. The van der Waals surface area contributed by atoms with Gasteiger partial charge in [-0.25, -0.2) is 9.67 Å². The number of carbonyl (C=O) groups is 1. The number of methoxy groups -OCH3 is 1. The third-order valence-electron chi connectivity index (χ3n) is 3.31. The summed E-state index contributed by atoms with van der Waals surface area (Å²) in [6, 6.07) is 5.50. The zero-order valence-corrected chi connectivity index (χ0v) is 16.0. The smallest absolute Gasteiger partial charge is 0.315 e. The fraction of sp³-hybridized carbons (Fsp3) is 0.267. The van der Waals surface area contributed by atoms with E-state index < -0.39 is 0 Å². The Hall–Kier alpha value is -1.35. The van der Waals surface area contributed by atoms with Gasteiger partial charge in [0.1, 0.15) is 0 Å². The molecule has 1 aromatic heterocycles. The summed E-state index contributed by atoms with van der Waals surface area (Å²) in [6.45, 7) is 0.847. The number of rotatable bonds is 4. The lowest BCUT2D eigenvalue weighted by Crippen LogP contribution is -2.22. The van der Waals surface area contributed by atoms with Gasteiger partial charge in [-0.2, -0.15) is 0 Å². The normalized spacial score (nSPS) is 13.8. The zero-order chi connectivity index (χ0) is 17.1. The van der Waals surface area contributed by atoms with Crippen molar-refractivity contribution in [1.82, 2.24) is 9.36 Å². The lowest BCUT2D eigenvalue weighted by Gasteiger charge is -2.11. The van der Waals surface area contributed by atoms with Crippen LogP contribution in [0.25, 0.3) is 6.20 Å². The molecule has 0 spiro atoms. The van der Waals surface area contributed by atoms with Crippen LogP contribution in [0.2, 0.25) is 5.02 Å². The highest BCUT2D eigenvalue weighted by molar-refractivity contribution is 8.00. The van der Waals surface area contributed by atoms with Crippen LogP contribution in [0.4, 0.5) is 5.69 Å². The monoisotopic (exact) mass is 399 g/mol. The second-order valence-electron chi connectivity index (χ2n) is 4.88. The van der Waals surface area contributed by atoms with Crippen LogP contribution in [-0.2, 0) is 16.1 Å². The summed E-state index contributed by atoms with van der Waals surface area (Å²) in [5.74, 6) is -0.0833. The van der Waals surface area contributed by atoms with E-state index in [-0.39, 0.29) is 11.7 Å². The third-order valence-corrected chi connectivity index (χ3v) is 6.07. The summed E-state index contributed by atoms with van der Waals surface area (Å²) in [4.78, 5) is 17.6. The molecule has 1 aliphatic rings. The predicted octanol–water partition coefficient (Wildman–Crippen LogP) is 4.11. The van der Waals surface area contributed by atoms with Gasteiger partial charge in [0.05, 0.1) is 23.6 Å². The molecule has 5 nitrogen and oxygen atoms in total. The first-order chi connectivity index (χ1) is 11.6. The van der Waals surface area contributed by atoms with Crippen molar-refractivity contribution >= 4 is 64.8 Å². The average molecular weight is 400 g/mol. The Kier molecular flexibility index (Phi) is 5.60. The number of hydrogen-bond donors (Lipinski definition) is 0. The lowest BCUT2D eigenvalue weighted by molar-refractivity contribution is -0.137. The van der Waals surface area contributed by atoms with Crippen LogP contribution in [0.15, 0.2) is 34.2 Å². The summed E-state index contributed by atoms with van der Waals surface area (Å²) in [7, 11) is 1.37. The molecule has 0 atom stereocenters. The average Bonchev–Trinajstić information content (AvgIpc) is 2.91. The molecular weight excluding hydrogens is 386 g/mol. The van der Waals surface area contributed by atoms with E-state index in [2.05, 4.69) is 15.5 Å². The molecule has 1 aliphatic heterocycles. The van der Waals surface area contributed by atoms with E-state index in [1.54, 1.807) is 6.07 Å². The largest absolute Gasteiger partial charge is 0.468 e. The SMILES string of the molecule is COC(=O)CSc1cc(N=c2sc(=S)n3n2CCC=C3)ccc1Cl. The fourth-order valence-corrected chi connectivity index (χ4v) is 4.45. The molecule has 24 heavy (non-hydrogen) atoms. The van der Waals surface area contributed by atoms with Crippen LogP contribution in [0.5, 0.6) is 0 Å². The van der Waals surface area contributed by atoms with Crippen LogP contribution in [0.1, 0.15) is 6.42 Å². The van der Waals surface area contributed by atoms with E-state index in [0.717, 1.165) is 32.3 Å². The van der Waals surface area contributed by atoms with Crippen molar-refractivity contribution in [3.63, 3.8) is 0 Å². The van der Waals surface area contributed by atoms with Crippen molar-refractivity contribution in [2.45, 2.75) is 17.9 Å². The number of aromatic nitrogens is 2. The van der Waals surface area contributed by atoms with Crippen molar-refractivity contribution in [3.8, 4) is 0 Å². The van der Waals surface area contributed by atoms with Crippen molar-refractivity contribution in [2.75, 3.05) is 12.9 Å². The molecule has 0 bridgehead atoms. The number of esters is 1. The van der Waals surface area contributed by atoms with E-state index in [1.807, 2.05) is 23.0 Å². The van der Waals surface area contributed by atoms with Crippen LogP contribution in [0, 0.1) is 3.95 Å². The molecule has 9 heteroatoms. The Morgan fingerprint density at radius 2 is 2.38 bits per heavy atom. The predicted molar refractivity (Wildman–Crippen MR) is 100 cm³/mol. The van der Waals surface area contributed by atoms with Crippen molar-refractivity contribution < 1.29 is 9.53 Å². The molecule has 2 aromatic rings. The molecule has 0 saturated heterocycles. The maximum absolute atomic E-state index is 11.3. The number of carbonyl (C=O) groups excluding carboxylic acids is 1. The molecule has 0 aliphatic carbocycles. The minimum atomic E-state index is -0.291. The van der Waals surface area contributed by atoms with E-state index in [0.29, 0.717) is 5.02 Å². The molecule has 3 rings (SSSR count). The Bertz CT molecular complexity index is 927. The third kappa shape index (κ3) is 3.83. The van der Waals surface area contributed by atoms with Gasteiger partial charge in [0.25, 0.3) is 0 Å². The van der Waals surface area contributed by atoms with E-state index >= 15 is 0 Å². The van der Waals surface area contributed by atoms with Crippen LogP contribution in [-0.4, -0.2) is 28.2 Å². The highest BCUT2D eigenvalue weighted by atomic mass is 35.5. The quantitative estimate of drug-likeness (QED) is 0.441. The van der Waals surface area contributed by atoms with Gasteiger partial charge in [-0.1, -0.05) is 29.0 Å². The highest BCUT2D eigenvalue weighted by Gasteiger charge is 2.09. The fourth-order valence-electron chi connectivity index (χ4n) is 2.14. The second kappa shape index (κ2) is 7.69. The Labute approximate surface area is 157 Å². The van der Waals surface area contributed by atoms with E-state index in [4.69, 9.17) is 28.8 Å². The molecule has 0 unspecified atom stereocenters. The maximum Gasteiger partial charge on any atom is 0.315 e. The summed E-state index contributed by atoms with van der Waals surface area (Å²) >= 11 is 14.4. The molecule has 0 N–H and O–H groups in total. The standard InChI is InChI=1S/C15H14ClN3O2S3/c1-21-13(20)9-23-12-8-10(4-5-11(12)16)17-14-18-6-2-3-7-19(18)15(22)24-14/h3-5,7-8H,2,6,9H2,1H3. The Balaban J connectivity index is 1.95. The topological polar surface area (TPSA) is 48.5 Å². The van der Waals surface area contributed by atoms with E-state index in [1.165, 1.54) is 30.2 Å². The molecule has 126 valence electrons. The Morgan fingerprint density at radius 3 is 3.17 bits per heavy atom. The number of benzene rings is 1. The van der Waals surface area contributed by atoms with Crippen molar-refractivity contribution in [2.24, 2.45) is 4.99 Å². The first-order valence-corrected chi connectivity index (χ1v) is 9.70. The van der Waals surface area contributed by atoms with Crippen molar-refractivity contribution in [3.05, 3.63) is 38.1 Å². The number of halogens is 1. The minimum absolute atomic E-state index is 0.208. The number of allylic oxidation sites excluding steroid dienone is 1. The summed E-state index contributed by atoms with van der Waals surface area (Å²) < 4.78 is 9.41. The lowest BCUT2D eigenvalue weighted by atomic mass is 10.3. The first kappa shape index (κ1) is 17.5. The molecule has 0 radical (unpaired) electrons. The molecule has 0 saturated carbocycles. The van der Waals surface area contributed by atoms with Gasteiger partial charge in [-0.05, 0) is 36.8 Å². The zero-order valence-electron chi connectivity index (χ0n) is 12.8. The van der Waals surface area contributed by atoms with Gasteiger partial charge in [-0.3, -0.25) is 9.48 Å². The minimum Gasteiger partial charge on any atom is -0.468 e. The van der Waals surface area contributed by atoms with Crippen LogP contribution < -0.4 is 4.80 Å². The number of fused-ring (bicyclic) bond motifs is 1. The summed E-state index contributed by atoms with van der Waals surface area (Å²) in [5.41, 5.74) is 0.772. The number of nitrogens with zero attached hydrogens (tertiary/aromatic N) is 3. The molecule has 0 amide bonds. The van der Waals surface area contributed by atoms with Crippen molar-refractivity contribution in [1.29, 1.82) is 0 Å². The second-order valence-corrected chi connectivity index (χ2v) is 7.91. The van der Waals surface area contributed by atoms with Gasteiger partial charge >= 0.3 is 5.97 Å². The van der Waals surface area contributed by atoms with Crippen LogP contribution >= 0.6 is 46.9 Å². The van der Waals surface area contributed by atoms with E-state index in [9.17, 15) is 4.79 Å². The number of ether oxygens (including phenoxy) is 1. The molecule has 0 fully saturated rings. The van der Waals surface area contributed by atoms with Gasteiger partial charge < -0.3 is 4.74 Å². The maximum atomic E-state index is 11.3. The summed E-state index contributed by atoms with van der Waals surface area (Å²) in [5, 5.41) is 0.588. The van der Waals surface area contributed by atoms with Gasteiger partial charge in [0.15, 0.2) is 3.95 Å². The molecule has 1 aromatic carbocycles. The number of thioether (sulfide) groups is 1. The van der Waals surface area contributed by atoms with Gasteiger partial charge in [0, 0.05) is 17.6 Å². The van der Waals surface area contributed by atoms with Crippen LogP contribution in [0.3, 0.4) is 0 Å². The first-order valence-electron chi connectivity index (χ1n) is 7.11.